The van der Waals surface area contributed by atoms with Gasteiger partial charge in [0.15, 0.2) is 0 Å². The van der Waals surface area contributed by atoms with E-state index in [1.807, 2.05) is 39.8 Å². The lowest BCUT2D eigenvalue weighted by Crippen LogP contribution is -2.11. The Morgan fingerprint density at radius 1 is 0.882 bits per heavy atom. The summed E-state index contributed by atoms with van der Waals surface area (Å²) in [5.74, 6) is 0. The molecule has 0 atom stereocenters. The molecule has 0 aromatic carbocycles. The van der Waals surface area contributed by atoms with Crippen molar-refractivity contribution >= 4 is 10.4 Å². The Bertz CT molecular complexity index is 328. The van der Waals surface area contributed by atoms with Gasteiger partial charge in [0, 0.05) is 0 Å². The molecule has 0 amide bonds. The van der Waals surface area contributed by atoms with Gasteiger partial charge >= 0.3 is 10.4 Å². The predicted molar refractivity (Wildman–Crippen MR) is 68.9 cm³/mol. The van der Waals surface area contributed by atoms with Crippen molar-refractivity contribution in [2.75, 3.05) is 13.2 Å². The third-order valence-electron chi connectivity index (χ3n) is 1.80. The van der Waals surface area contributed by atoms with Crippen molar-refractivity contribution in [3.05, 3.63) is 23.3 Å². The van der Waals surface area contributed by atoms with Crippen molar-refractivity contribution in [2.45, 2.75) is 40.5 Å². The fraction of sp³-hybridized carbons (Fsp3) is 0.667. The van der Waals surface area contributed by atoms with Gasteiger partial charge in [-0.15, -0.1) is 0 Å². The summed E-state index contributed by atoms with van der Waals surface area (Å²) < 4.78 is 31.8. The molecule has 0 rings (SSSR count). The van der Waals surface area contributed by atoms with E-state index in [0.717, 1.165) is 11.1 Å². The van der Waals surface area contributed by atoms with E-state index in [4.69, 9.17) is 0 Å². The van der Waals surface area contributed by atoms with Crippen molar-refractivity contribution in [2.24, 2.45) is 0 Å². The van der Waals surface area contributed by atoms with Gasteiger partial charge in [0.2, 0.25) is 0 Å². The Morgan fingerprint density at radius 3 is 1.53 bits per heavy atom. The second-order valence-corrected chi connectivity index (χ2v) is 5.48. The summed E-state index contributed by atoms with van der Waals surface area (Å²) in [5.41, 5.74) is 2.27. The SMILES string of the molecule is CC(C)=CCCOS(=O)(=O)OCCC=C(C)C. The van der Waals surface area contributed by atoms with Gasteiger partial charge in [-0.3, -0.25) is 0 Å². The lowest BCUT2D eigenvalue weighted by Gasteiger charge is -2.04. The molecule has 5 heteroatoms. The van der Waals surface area contributed by atoms with Crippen LogP contribution in [0.5, 0.6) is 0 Å². The summed E-state index contributed by atoms with van der Waals surface area (Å²) in [7, 11) is -3.84. The van der Waals surface area contributed by atoms with Gasteiger partial charge in [-0.2, -0.15) is 8.42 Å². The van der Waals surface area contributed by atoms with Crippen LogP contribution in [-0.2, 0) is 18.8 Å². The molecule has 0 spiro atoms. The molecule has 0 bridgehead atoms. The highest BCUT2D eigenvalue weighted by atomic mass is 32.3. The molecule has 4 nitrogen and oxygen atoms in total. The van der Waals surface area contributed by atoms with Crippen LogP contribution in [0.25, 0.3) is 0 Å². The molecule has 100 valence electrons. The zero-order valence-electron chi connectivity index (χ0n) is 11.0. The minimum Gasteiger partial charge on any atom is -0.248 e. The van der Waals surface area contributed by atoms with E-state index in [1.165, 1.54) is 0 Å². The molecule has 0 fully saturated rings. The van der Waals surface area contributed by atoms with Crippen molar-refractivity contribution in [1.82, 2.24) is 0 Å². The first-order valence-electron chi connectivity index (χ1n) is 5.64. The summed E-state index contributed by atoms with van der Waals surface area (Å²) in [6.07, 6.45) is 4.97. The van der Waals surface area contributed by atoms with Gasteiger partial charge in [0.05, 0.1) is 13.2 Å². The Labute approximate surface area is 105 Å². The number of hydrogen-bond acceptors (Lipinski definition) is 4. The number of allylic oxidation sites excluding steroid dienone is 2. The van der Waals surface area contributed by atoms with Crippen LogP contribution in [0.2, 0.25) is 0 Å². The molecular formula is C12H22O4S. The van der Waals surface area contributed by atoms with Crippen LogP contribution in [0.4, 0.5) is 0 Å². The van der Waals surface area contributed by atoms with Crippen LogP contribution in [0.3, 0.4) is 0 Å². The standard InChI is InChI=1S/C12H22O4S/c1-11(2)7-5-9-15-17(13,14)16-10-6-8-12(3)4/h7-8H,5-6,9-10H2,1-4H3. The minimum atomic E-state index is -3.84. The molecule has 0 N–H and O–H groups in total. The van der Waals surface area contributed by atoms with Crippen LogP contribution in [-0.4, -0.2) is 21.6 Å². The molecular weight excluding hydrogens is 240 g/mol. The average Bonchev–Trinajstić information content (AvgIpc) is 2.19. The first-order valence-corrected chi connectivity index (χ1v) is 6.97. The molecule has 0 saturated carbocycles. The van der Waals surface area contributed by atoms with Crippen molar-refractivity contribution < 1.29 is 16.8 Å². The van der Waals surface area contributed by atoms with E-state index >= 15 is 0 Å². The zero-order chi connectivity index (χ0) is 13.3. The first kappa shape index (κ1) is 16.4. The summed E-state index contributed by atoms with van der Waals surface area (Å²) >= 11 is 0. The molecule has 0 aromatic rings. The maximum Gasteiger partial charge on any atom is 0.399 e. The van der Waals surface area contributed by atoms with E-state index in [0.29, 0.717) is 12.8 Å². The molecule has 0 unspecified atom stereocenters. The van der Waals surface area contributed by atoms with Gasteiger partial charge in [0.25, 0.3) is 0 Å². The largest absolute Gasteiger partial charge is 0.399 e. The molecule has 0 saturated heterocycles. The molecule has 0 aliphatic heterocycles. The third-order valence-corrected chi connectivity index (χ3v) is 2.71. The summed E-state index contributed by atoms with van der Waals surface area (Å²) in [6, 6.07) is 0. The molecule has 0 aliphatic carbocycles. The average molecular weight is 262 g/mol. The van der Waals surface area contributed by atoms with Crippen LogP contribution in [0.15, 0.2) is 23.3 Å². The van der Waals surface area contributed by atoms with Crippen LogP contribution in [0, 0.1) is 0 Å². The predicted octanol–water partition coefficient (Wildman–Crippen LogP) is 2.98. The van der Waals surface area contributed by atoms with Crippen LogP contribution < -0.4 is 0 Å². The van der Waals surface area contributed by atoms with Crippen molar-refractivity contribution in [3.8, 4) is 0 Å². The lowest BCUT2D eigenvalue weighted by atomic mass is 10.3. The molecule has 0 radical (unpaired) electrons. The van der Waals surface area contributed by atoms with E-state index in [9.17, 15) is 8.42 Å². The van der Waals surface area contributed by atoms with Gasteiger partial charge < -0.3 is 0 Å². The van der Waals surface area contributed by atoms with Gasteiger partial charge in [0.1, 0.15) is 0 Å². The Balaban J connectivity index is 3.81. The fourth-order valence-electron chi connectivity index (χ4n) is 1.03. The minimum absolute atomic E-state index is 0.121. The van der Waals surface area contributed by atoms with Crippen molar-refractivity contribution in [1.29, 1.82) is 0 Å². The van der Waals surface area contributed by atoms with E-state index in [1.54, 1.807) is 0 Å². The first-order chi connectivity index (χ1) is 7.83. The lowest BCUT2D eigenvalue weighted by molar-refractivity contribution is 0.220. The van der Waals surface area contributed by atoms with Gasteiger partial charge in [-0.05, 0) is 40.5 Å². The van der Waals surface area contributed by atoms with Gasteiger partial charge in [-0.25, -0.2) is 8.37 Å². The van der Waals surface area contributed by atoms with Gasteiger partial charge in [-0.1, -0.05) is 23.3 Å². The highest BCUT2D eigenvalue weighted by molar-refractivity contribution is 7.81. The number of rotatable bonds is 8. The molecule has 0 aromatic heterocycles. The van der Waals surface area contributed by atoms with Crippen LogP contribution >= 0.6 is 0 Å². The maximum atomic E-state index is 11.2. The normalized spacial score (nSPS) is 11.1. The second-order valence-electron chi connectivity index (χ2n) is 4.19. The van der Waals surface area contributed by atoms with E-state index in [2.05, 4.69) is 8.37 Å². The van der Waals surface area contributed by atoms with E-state index < -0.39 is 10.4 Å². The number of hydrogen-bond donors (Lipinski definition) is 0. The molecule has 0 aliphatic rings. The Hall–Kier alpha value is -0.650. The molecule has 17 heavy (non-hydrogen) atoms. The Kier molecular flexibility index (Phi) is 8.12. The summed E-state index contributed by atoms with van der Waals surface area (Å²) in [5, 5.41) is 0. The monoisotopic (exact) mass is 262 g/mol. The highest BCUT2D eigenvalue weighted by Crippen LogP contribution is 2.02. The fourth-order valence-corrected chi connectivity index (χ4v) is 1.70. The quantitative estimate of drug-likeness (QED) is 0.498. The van der Waals surface area contributed by atoms with Crippen LogP contribution in [0.1, 0.15) is 40.5 Å². The smallest absolute Gasteiger partial charge is 0.248 e. The highest BCUT2D eigenvalue weighted by Gasteiger charge is 2.10. The zero-order valence-corrected chi connectivity index (χ0v) is 11.8. The summed E-state index contributed by atoms with van der Waals surface area (Å²) in [6.45, 7) is 8.04. The third kappa shape index (κ3) is 11.6. The van der Waals surface area contributed by atoms with E-state index in [-0.39, 0.29) is 13.2 Å². The Morgan fingerprint density at radius 2 is 1.24 bits per heavy atom. The second kappa shape index (κ2) is 8.44. The maximum absolute atomic E-state index is 11.2. The summed E-state index contributed by atoms with van der Waals surface area (Å²) in [4.78, 5) is 0. The topological polar surface area (TPSA) is 52.6 Å². The van der Waals surface area contributed by atoms with Crippen molar-refractivity contribution in [3.63, 3.8) is 0 Å². The molecule has 0 heterocycles.